The lowest BCUT2D eigenvalue weighted by atomic mass is 9.86. The molecule has 1 aliphatic heterocycles. The molecule has 10 heteroatoms. The molecule has 0 saturated heterocycles. The molecule has 1 aromatic carbocycles. The van der Waals surface area contributed by atoms with Gasteiger partial charge in [-0.25, -0.2) is 32.8 Å². The van der Waals surface area contributed by atoms with Crippen LogP contribution in [0.2, 0.25) is 0 Å². The molecule has 4 heterocycles. The second kappa shape index (κ2) is 7.09. The number of aryl methyl sites for hydroxylation is 2. The quantitative estimate of drug-likeness (QED) is 0.504. The highest BCUT2D eigenvalue weighted by atomic mass is 19.2. The average Bonchev–Trinajstić information content (AvgIpc) is 3.19. The standard InChI is InChI=1S/C23H19F3N6O/c1-10-15(25)8-13-18(20-27-11(2)16-19(29-20)30-22(33)23(16,3)4)31-32(21(13)28-10)9-12-6-5-7-14(24)17(12)26/h5-8H,9H2,1-4H3,(H,27,29,30,33). The molecule has 4 aromatic rings. The Morgan fingerprint density at radius 2 is 1.79 bits per heavy atom. The highest BCUT2D eigenvalue weighted by Gasteiger charge is 2.41. The highest BCUT2D eigenvalue weighted by molar-refractivity contribution is 6.05. The van der Waals surface area contributed by atoms with E-state index in [0.717, 1.165) is 6.07 Å². The molecule has 0 fully saturated rings. The van der Waals surface area contributed by atoms with Crippen LogP contribution in [0.25, 0.3) is 22.6 Å². The maximum atomic E-state index is 14.4. The van der Waals surface area contributed by atoms with Gasteiger partial charge in [0.15, 0.2) is 23.1 Å². The van der Waals surface area contributed by atoms with Crippen molar-refractivity contribution in [3.05, 3.63) is 64.2 Å². The van der Waals surface area contributed by atoms with Crippen molar-refractivity contribution in [3.8, 4) is 11.5 Å². The molecule has 7 nitrogen and oxygen atoms in total. The number of rotatable bonds is 3. The van der Waals surface area contributed by atoms with Crippen LogP contribution in [0.4, 0.5) is 19.0 Å². The third kappa shape index (κ3) is 3.16. The van der Waals surface area contributed by atoms with Crippen LogP contribution < -0.4 is 5.32 Å². The van der Waals surface area contributed by atoms with Gasteiger partial charge in [0.25, 0.3) is 0 Å². The summed E-state index contributed by atoms with van der Waals surface area (Å²) in [6, 6.07) is 5.14. The highest BCUT2D eigenvalue weighted by Crippen LogP contribution is 2.39. The number of nitrogens with zero attached hydrogens (tertiary/aromatic N) is 5. The van der Waals surface area contributed by atoms with E-state index in [2.05, 4.69) is 25.4 Å². The number of nitrogens with one attached hydrogen (secondary N) is 1. The Hall–Kier alpha value is -3.82. The van der Waals surface area contributed by atoms with E-state index in [0.29, 0.717) is 22.5 Å². The molecule has 1 amide bonds. The lowest BCUT2D eigenvalue weighted by molar-refractivity contribution is -0.119. The fraction of sp³-hybridized carbons (Fsp3) is 0.261. The third-order valence-electron chi connectivity index (χ3n) is 5.93. The molecule has 0 saturated carbocycles. The molecule has 0 radical (unpaired) electrons. The normalized spacial score (nSPS) is 14.6. The second-order valence-corrected chi connectivity index (χ2v) is 8.58. The van der Waals surface area contributed by atoms with Crippen LogP contribution in [0.3, 0.4) is 0 Å². The largest absolute Gasteiger partial charge is 0.310 e. The van der Waals surface area contributed by atoms with Crippen LogP contribution in [0.1, 0.15) is 36.4 Å². The summed E-state index contributed by atoms with van der Waals surface area (Å²) in [4.78, 5) is 25.7. The van der Waals surface area contributed by atoms with E-state index in [-0.39, 0.29) is 40.9 Å². The molecule has 0 atom stereocenters. The van der Waals surface area contributed by atoms with E-state index in [1.807, 2.05) is 0 Å². The van der Waals surface area contributed by atoms with Crippen LogP contribution in [0.5, 0.6) is 0 Å². The lowest BCUT2D eigenvalue weighted by Gasteiger charge is -2.16. The molecule has 1 aliphatic rings. The van der Waals surface area contributed by atoms with Gasteiger partial charge in [-0.05, 0) is 39.8 Å². The molecular weight excluding hydrogens is 433 g/mol. The lowest BCUT2D eigenvalue weighted by Crippen LogP contribution is -2.27. The van der Waals surface area contributed by atoms with Crippen molar-refractivity contribution in [3.63, 3.8) is 0 Å². The van der Waals surface area contributed by atoms with Crippen LogP contribution in [0.15, 0.2) is 24.3 Å². The maximum absolute atomic E-state index is 14.4. The molecule has 0 bridgehead atoms. The van der Waals surface area contributed by atoms with E-state index in [1.54, 1.807) is 20.8 Å². The molecule has 1 N–H and O–H groups in total. The minimum Gasteiger partial charge on any atom is -0.310 e. The van der Waals surface area contributed by atoms with Gasteiger partial charge in [-0.3, -0.25) is 4.79 Å². The van der Waals surface area contributed by atoms with Gasteiger partial charge in [-0.15, -0.1) is 0 Å². The number of pyridine rings is 1. The second-order valence-electron chi connectivity index (χ2n) is 8.58. The van der Waals surface area contributed by atoms with Crippen molar-refractivity contribution >= 4 is 22.8 Å². The number of carbonyl (C=O) groups excluding carboxylic acids is 1. The van der Waals surface area contributed by atoms with Gasteiger partial charge in [0, 0.05) is 16.8 Å². The predicted octanol–water partition coefficient (Wildman–Crippen LogP) is 4.20. The zero-order chi connectivity index (χ0) is 23.7. The van der Waals surface area contributed by atoms with Gasteiger partial charge in [-0.2, -0.15) is 5.10 Å². The summed E-state index contributed by atoms with van der Waals surface area (Å²) in [6.45, 7) is 6.69. The van der Waals surface area contributed by atoms with E-state index in [1.165, 1.54) is 29.8 Å². The van der Waals surface area contributed by atoms with Gasteiger partial charge in [-0.1, -0.05) is 12.1 Å². The zero-order valence-electron chi connectivity index (χ0n) is 18.3. The van der Waals surface area contributed by atoms with Crippen LogP contribution in [0, 0.1) is 31.3 Å². The van der Waals surface area contributed by atoms with Crippen molar-refractivity contribution in [2.24, 2.45) is 0 Å². The molecular formula is C23H19F3N6O. The Morgan fingerprint density at radius 1 is 1.03 bits per heavy atom. The first kappa shape index (κ1) is 21.0. The SMILES string of the molecule is Cc1nc2c(cc1F)c(-c1nc(C)c3c(n1)NC(=O)C3(C)C)nn2Cc1cccc(F)c1F. The smallest absolute Gasteiger partial charge is 0.235 e. The molecule has 5 rings (SSSR count). The Bertz CT molecular complexity index is 1480. The van der Waals surface area contributed by atoms with E-state index in [9.17, 15) is 18.0 Å². The van der Waals surface area contributed by atoms with Gasteiger partial charge in [0.2, 0.25) is 5.91 Å². The summed E-state index contributed by atoms with van der Waals surface area (Å²) in [5.41, 5.74) is 1.17. The van der Waals surface area contributed by atoms with Crippen molar-refractivity contribution < 1.29 is 18.0 Å². The Balaban J connectivity index is 1.71. The summed E-state index contributed by atoms with van der Waals surface area (Å²) < 4.78 is 43.8. The summed E-state index contributed by atoms with van der Waals surface area (Å²) in [6.07, 6.45) is 0. The average molecular weight is 452 g/mol. The van der Waals surface area contributed by atoms with E-state index < -0.39 is 22.9 Å². The van der Waals surface area contributed by atoms with Crippen molar-refractivity contribution in [2.45, 2.75) is 39.7 Å². The zero-order valence-corrected chi connectivity index (χ0v) is 18.3. The number of halogens is 3. The first-order valence-corrected chi connectivity index (χ1v) is 10.3. The van der Waals surface area contributed by atoms with Crippen molar-refractivity contribution in [1.82, 2.24) is 24.7 Å². The van der Waals surface area contributed by atoms with Gasteiger partial charge in [0.1, 0.15) is 17.3 Å². The van der Waals surface area contributed by atoms with Gasteiger partial charge >= 0.3 is 0 Å². The molecule has 0 unspecified atom stereocenters. The van der Waals surface area contributed by atoms with Gasteiger partial charge < -0.3 is 5.32 Å². The minimum atomic E-state index is -0.990. The van der Waals surface area contributed by atoms with Crippen LogP contribution in [-0.4, -0.2) is 30.6 Å². The maximum Gasteiger partial charge on any atom is 0.235 e. The number of hydrogen-bond donors (Lipinski definition) is 1. The number of hydrogen-bond acceptors (Lipinski definition) is 5. The molecule has 168 valence electrons. The monoisotopic (exact) mass is 452 g/mol. The van der Waals surface area contributed by atoms with Gasteiger partial charge in [0.05, 0.1) is 23.0 Å². The summed E-state index contributed by atoms with van der Waals surface area (Å²) in [5, 5.41) is 7.57. The summed E-state index contributed by atoms with van der Waals surface area (Å²) in [7, 11) is 0. The van der Waals surface area contributed by atoms with E-state index >= 15 is 0 Å². The number of amides is 1. The first-order valence-electron chi connectivity index (χ1n) is 10.3. The van der Waals surface area contributed by atoms with E-state index in [4.69, 9.17) is 0 Å². The Kier molecular flexibility index (Phi) is 4.52. The molecule has 0 aliphatic carbocycles. The summed E-state index contributed by atoms with van der Waals surface area (Å²) >= 11 is 0. The summed E-state index contributed by atoms with van der Waals surface area (Å²) in [5.74, 6) is -2.18. The number of fused-ring (bicyclic) bond motifs is 2. The number of anilines is 1. The van der Waals surface area contributed by atoms with Crippen LogP contribution >= 0.6 is 0 Å². The van der Waals surface area contributed by atoms with Crippen LogP contribution in [-0.2, 0) is 16.8 Å². The van der Waals surface area contributed by atoms with Crippen molar-refractivity contribution in [2.75, 3.05) is 5.32 Å². The first-order chi connectivity index (χ1) is 15.6. The Morgan fingerprint density at radius 3 is 2.55 bits per heavy atom. The van der Waals surface area contributed by atoms with Crippen molar-refractivity contribution in [1.29, 1.82) is 0 Å². The fourth-order valence-electron chi connectivity index (χ4n) is 4.16. The third-order valence-corrected chi connectivity index (χ3v) is 5.93. The molecule has 0 spiro atoms. The Labute approximate surface area is 186 Å². The fourth-order valence-corrected chi connectivity index (χ4v) is 4.16. The minimum absolute atomic E-state index is 0.0646. The number of benzene rings is 1. The number of carbonyl (C=O) groups is 1. The predicted molar refractivity (Wildman–Crippen MR) is 115 cm³/mol. The molecule has 33 heavy (non-hydrogen) atoms. The topological polar surface area (TPSA) is 85.6 Å². The number of aromatic nitrogens is 5. The molecule has 3 aromatic heterocycles.